The van der Waals surface area contributed by atoms with Gasteiger partial charge in [0.25, 0.3) is 0 Å². The molecule has 2 heteroatoms. The second kappa shape index (κ2) is 6.02. The van der Waals surface area contributed by atoms with E-state index in [1.54, 1.807) is 0 Å². The minimum absolute atomic E-state index is 0.849. The number of piperidine rings is 1. The molecule has 2 fully saturated rings. The maximum absolute atomic E-state index is 3.49. The fourth-order valence-electron chi connectivity index (χ4n) is 3.89. The second-order valence-corrected chi connectivity index (χ2v) is 5.94. The van der Waals surface area contributed by atoms with Crippen molar-refractivity contribution in [3.63, 3.8) is 0 Å². The highest BCUT2D eigenvalue weighted by atomic mass is 15.1. The van der Waals surface area contributed by atoms with Crippen LogP contribution in [0.4, 0.5) is 0 Å². The zero-order chi connectivity index (χ0) is 11.4. The molecule has 2 nitrogen and oxygen atoms in total. The Hall–Kier alpha value is -0.0800. The third-order valence-corrected chi connectivity index (χ3v) is 4.60. The van der Waals surface area contributed by atoms with E-state index in [1.165, 1.54) is 58.0 Å². The molecule has 1 atom stereocenters. The van der Waals surface area contributed by atoms with Crippen LogP contribution >= 0.6 is 0 Å². The number of nitrogens with zero attached hydrogens (tertiary/aromatic N) is 1. The summed E-state index contributed by atoms with van der Waals surface area (Å²) in [6.45, 7) is 2.48. The molecule has 1 saturated heterocycles. The summed E-state index contributed by atoms with van der Waals surface area (Å²) in [4.78, 5) is 2.52. The summed E-state index contributed by atoms with van der Waals surface area (Å²) in [5.41, 5.74) is 0. The van der Waals surface area contributed by atoms with Gasteiger partial charge in [0.2, 0.25) is 0 Å². The molecule has 1 saturated carbocycles. The Morgan fingerprint density at radius 2 is 1.44 bits per heavy atom. The highest BCUT2D eigenvalue weighted by Crippen LogP contribution is 2.34. The number of nitrogens with one attached hydrogen (secondary N) is 1. The van der Waals surface area contributed by atoms with Gasteiger partial charge in [-0.2, -0.15) is 0 Å². The van der Waals surface area contributed by atoms with E-state index in [9.17, 15) is 0 Å². The van der Waals surface area contributed by atoms with Crippen LogP contribution in [0, 0.1) is 11.8 Å². The van der Waals surface area contributed by atoms with Gasteiger partial charge in [-0.25, -0.2) is 0 Å². The summed E-state index contributed by atoms with van der Waals surface area (Å²) in [6, 6.07) is 0.849. The fourth-order valence-corrected chi connectivity index (χ4v) is 3.89. The van der Waals surface area contributed by atoms with Crippen molar-refractivity contribution in [2.24, 2.45) is 11.8 Å². The summed E-state index contributed by atoms with van der Waals surface area (Å²) in [5, 5.41) is 3.49. The van der Waals surface area contributed by atoms with Crippen molar-refractivity contribution in [3.8, 4) is 0 Å². The third kappa shape index (κ3) is 2.98. The third-order valence-electron chi connectivity index (χ3n) is 4.60. The van der Waals surface area contributed by atoms with Crippen molar-refractivity contribution in [1.82, 2.24) is 10.2 Å². The van der Waals surface area contributed by atoms with Gasteiger partial charge in [0.05, 0.1) is 0 Å². The van der Waals surface area contributed by atoms with Crippen molar-refractivity contribution in [2.45, 2.75) is 51.0 Å². The molecule has 1 N–H and O–H groups in total. The van der Waals surface area contributed by atoms with Gasteiger partial charge in [-0.3, -0.25) is 0 Å². The summed E-state index contributed by atoms with van der Waals surface area (Å²) in [6.07, 6.45) is 10.2. The molecule has 1 aliphatic carbocycles. The molecule has 1 aliphatic heterocycles. The van der Waals surface area contributed by atoms with E-state index in [0.717, 1.165) is 17.9 Å². The van der Waals surface area contributed by atoms with Crippen LogP contribution in [0.25, 0.3) is 0 Å². The maximum atomic E-state index is 3.49. The van der Waals surface area contributed by atoms with E-state index in [0.29, 0.717) is 0 Å². The maximum Gasteiger partial charge on any atom is 0.0147 e. The first-order valence-corrected chi connectivity index (χ1v) is 7.16. The van der Waals surface area contributed by atoms with Crippen LogP contribution < -0.4 is 5.32 Å². The van der Waals surface area contributed by atoms with Crippen molar-refractivity contribution in [2.75, 3.05) is 27.2 Å². The first-order chi connectivity index (χ1) is 7.79. The molecule has 2 aliphatic rings. The van der Waals surface area contributed by atoms with Crippen LogP contribution in [-0.2, 0) is 0 Å². The van der Waals surface area contributed by atoms with Gasteiger partial charge in [0.1, 0.15) is 0 Å². The lowest BCUT2D eigenvalue weighted by atomic mass is 9.75. The summed E-state index contributed by atoms with van der Waals surface area (Å²) >= 11 is 0. The minimum Gasteiger partial charge on any atom is -0.317 e. The van der Waals surface area contributed by atoms with Crippen molar-refractivity contribution in [3.05, 3.63) is 0 Å². The molecular weight excluding hydrogens is 196 g/mol. The topological polar surface area (TPSA) is 15.3 Å². The number of rotatable bonds is 3. The Kier molecular flexibility index (Phi) is 4.66. The van der Waals surface area contributed by atoms with E-state index >= 15 is 0 Å². The van der Waals surface area contributed by atoms with Gasteiger partial charge < -0.3 is 10.2 Å². The van der Waals surface area contributed by atoms with Crippen molar-refractivity contribution in [1.29, 1.82) is 0 Å². The quantitative estimate of drug-likeness (QED) is 0.792. The highest BCUT2D eigenvalue weighted by Gasteiger charge is 2.32. The summed E-state index contributed by atoms with van der Waals surface area (Å²) in [5.74, 6) is 1.92. The zero-order valence-corrected chi connectivity index (χ0v) is 11.0. The van der Waals surface area contributed by atoms with E-state index in [4.69, 9.17) is 0 Å². The normalized spacial score (nSPS) is 27.2. The molecule has 0 spiro atoms. The molecule has 0 aromatic rings. The predicted octanol–water partition coefficient (Wildman–Crippen LogP) is 2.50. The molecule has 0 aromatic heterocycles. The Labute approximate surface area is 101 Å². The number of hydrogen-bond donors (Lipinski definition) is 1. The Morgan fingerprint density at radius 3 is 2.00 bits per heavy atom. The average Bonchev–Trinajstić information content (AvgIpc) is 2.31. The fraction of sp³-hybridized carbons (Fsp3) is 1.00. The van der Waals surface area contributed by atoms with Crippen molar-refractivity contribution >= 4 is 0 Å². The first-order valence-electron chi connectivity index (χ1n) is 7.16. The largest absolute Gasteiger partial charge is 0.317 e. The number of hydrogen-bond acceptors (Lipinski definition) is 2. The molecule has 1 unspecified atom stereocenters. The van der Waals surface area contributed by atoms with E-state index in [1.807, 2.05) is 0 Å². The van der Waals surface area contributed by atoms with Gasteiger partial charge in [-0.05, 0) is 64.7 Å². The molecule has 0 bridgehead atoms. The predicted molar refractivity (Wildman–Crippen MR) is 69.6 cm³/mol. The molecule has 1 heterocycles. The van der Waals surface area contributed by atoms with Crippen LogP contribution in [0.2, 0.25) is 0 Å². The lowest BCUT2D eigenvalue weighted by molar-refractivity contribution is 0.0951. The molecule has 0 amide bonds. The Balaban J connectivity index is 1.96. The van der Waals surface area contributed by atoms with Gasteiger partial charge in [0.15, 0.2) is 0 Å². The van der Waals surface area contributed by atoms with Gasteiger partial charge in [0, 0.05) is 6.04 Å². The lowest BCUT2D eigenvalue weighted by Crippen LogP contribution is -2.46. The van der Waals surface area contributed by atoms with Gasteiger partial charge in [-0.15, -0.1) is 0 Å². The van der Waals surface area contributed by atoms with Crippen LogP contribution in [0.5, 0.6) is 0 Å². The molecule has 0 radical (unpaired) electrons. The van der Waals surface area contributed by atoms with Gasteiger partial charge in [-0.1, -0.05) is 19.3 Å². The second-order valence-electron chi connectivity index (χ2n) is 5.94. The van der Waals surface area contributed by atoms with Gasteiger partial charge >= 0.3 is 0 Å². The smallest absolute Gasteiger partial charge is 0.0147 e. The standard InChI is InChI=1S/C14H28N2/c1-16(2)14(12-6-4-3-5-7-12)13-8-10-15-11-9-13/h12-15H,3-11H2,1-2H3. The van der Waals surface area contributed by atoms with Crippen LogP contribution in [0.1, 0.15) is 44.9 Å². The highest BCUT2D eigenvalue weighted by molar-refractivity contribution is 4.87. The SMILES string of the molecule is CN(C)C(C1CCCCC1)C1CCNCC1. The zero-order valence-electron chi connectivity index (χ0n) is 11.0. The molecular formula is C14H28N2. The molecule has 2 rings (SSSR count). The Bertz CT molecular complexity index is 173. The monoisotopic (exact) mass is 224 g/mol. The first kappa shape index (κ1) is 12.4. The lowest BCUT2D eigenvalue weighted by Gasteiger charge is -2.41. The molecule has 16 heavy (non-hydrogen) atoms. The molecule has 0 aromatic carbocycles. The minimum atomic E-state index is 0.849. The summed E-state index contributed by atoms with van der Waals surface area (Å²) < 4.78 is 0. The molecule has 94 valence electrons. The van der Waals surface area contributed by atoms with E-state index in [-0.39, 0.29) is 0 Å². The summed E-state index contributed by atoms with van der Waals surface area (Å²) in [7, 11) is 4.59. The van der Waals surface area contributed by atoms with E-state index < -0.39 is 0 Å². The van der Waals surface area contributed by atoms with Crippen LogP contribution in [0.3, 0.4) is 0 Å². The van der Waals surface area contributed by atoms with E-state index in [2.05, 4.69) is 24.3 Å². The van der Waals surface area contributed by atoms with Crippen LogP contribution in [0.15, 0.2) is 0 Å². The van der Waals surface area contributed by atoms with Crippen molar-refractivity contribution < 1.29 is 0 Å². The average molecular weight is 224 g/mol. The Morgan fingerprint density at radius 1 is 0.875 bits per heavy atom. The van der Waals surface area contributed by atoms with Crippen LogP contribution in [-0.4, -0.2) is 38.1 Å².